The van der Waals surface area contributed by atoms with E-state index in [9.17, 15) is 30.3 Å². The molecule has 0 aromatic rings. The van der Waals surface area contributed by atoms with E-state index in [-0.39, 0.29) is 12.5 Å². The van der Waals surface area contributed by atoms with Crippen LogP contribution < -0.4 is 5.32 Å². The lowest BCUT2D eigenvalue weighted by Gasteiger charge is -2.40. The van der Waals surface area contributed by atoms with Gasteiger partial charge in [0.1, 0.15) is 24.4 Å². The van der Waals surface area contributed by atoms with Crippen LogP contribution in [0.1, 0.15) is 309 Å². The molecule has 0 spiro atoms. The molecule has 1 rings (SSSR count). The first-order valence-electron chi connectivity index (χ1n) is 34.3. The van der Waals surface area contributed by atoms with Crippen LogP contribution in [-0.4, -0.2) is 87.5 Å². The molecule has 6 N–H and O–H groups in total. The molecule has 0 aliphatic carbocycles. The number of hydrogen-bond acceptors (Lipinski definition) is 8. The van der Waals surface area contributed by atoms with E-state index in [2.05, 4.69) is 92.1 Å². The summed E-state index contributed by atoms with van der Waals surface area (Å²) >= 11 is 0. The second-order valence-corrected chi connectivity index (χ2v) is 23.6. The highest BCUT2D eigenvalue weighted by atomic mass is 16.7. The summed E-state index contributed by atoms with van der Waals surface area (Å²) in [6.07, 6.45) is 79.7. The third kappa shape index (κ3) is 49.4. The summed E-state index contributed by atoms with van der Waals surface area (Å²) in [6.45, 7) is 3.68. The highest BCUT2D eigenvalue weighted by Gasteiger charge is 2.44. The molecule has 0 saturated carbocycles. The normalized spacial score (nSPS) is 18.9. The van der Waals surface area contributed by atoms with Gasteiger partial charge in [-0.1, -0.05) is 311 Å². The Morgan fingerprint density at radius 1 is 0.432 bits per heavy atom. The van der Waals surface area contributed by atoms with Gasteiger partial charge >= 0.3 is 0 Å². The number of aliphatic hydroxyl groups is 5. The molecule has 1 amide bonds. The molecule has 0 radical (unpaired) electrons. The predicted molar refractivity (Wildman–Crippen MR) is 345 cm³/mol. The summed E-state index contributed by atoms with van der Waals surface area (Å²) < 4.78 is 11.3. The van der Waals surface area contributed by atoms with Crippen LogP contribution in [0.3, 0.4) is 0 Å². The summed E-state index contributed by atoms with van der Waals surface area (Å²) in [5.74, 6) is -0.186. The van der Waals surface area contributed by atoms with E-state index in [4.69, 9.17) is 9.47 Å². The first-order chi connectivity index (χ1) is 39.8. The highest BCUT2D eigenvalue weighted by molar-refractivity contribution is 5.76. The van der Waals surface area contributed by atoms with E-state index in [0.717, 1.165) is 70.6 Å². The minimum Gasteiger partial charge on any atom is -0.394 e. The smallest absolute Gasteiger partial charge is 0.220 e. The third-order valence-corrected chi connectivity index (χ3v) is 16.0. The molecule has 7 unspecified atom stereocenters. The van der Waals surface area contributed by atoms with E-state index in [1.807, 2.05) is 6.08 Å². The third-order valence-electron chi connectivity index (χ3n) is 16.0. The number of nitrogens with one attached hydrogen (secondary N) is 1. The number of aliphatic hydroxyl groups excluding tert-OH is 5. The van der Waals surface area contributed by atoms with Crippen molar-refractivity contribution in [2.45, 2.75) is 352 Å². The van der Waals surface area contributed by atoms with Crippen LogP contribution in [0.25, 0.3) is 0 Å². The van der Waals surface area contributed by atoms with E-state index < -0.39 is 49.5 Å². The molecular weight excluding hydrogens is 1010 g/mol. The monoisotopic (exact) mass is 1140 g/mol. The molecule has 9 nitrogen and oxygen atoms in total. The second-order valence-electron chi connectivity index (χ2n) is 23.6. The van der Waals surface area contributed by atoms with Gasteiger partial charge < -0.3 is 40.3 Å². The van der Waals surface area contributed by atoms with E-state index in [1.165, 1.54) is 218 Å². The number of unbranched alkanes of at least 4 members (excludes halogenated alkanes) is 37. The highest BCUT2D eigenvalue weighted by Crippen LogP contribution is 2.23. The Bertz CT molecular complexity index is 1550. The maximum absolute atomic E-state index is 13.1. The van der Waals surface area contributed by atoms with Crippen molar-refractivity contribution in [2.75, 3.05) is 13.2 Å². The van der Waals surface area contributed by atoms with Crippen LogP contribution in [0.4, 0.5) is 0 Å². The first-order valence-corrected chi connectivity index (χ1v) is 34.3. The van der Waals surface area contributed by atoms with E-state index >= 15 is 0 Å². The van der Waals surface area contributed by atoms with Crippen molar-refractivity contribution in [2.24, 2.45) is 0 Å². The number of ether oxygens (including phenoxy) is 2. The van der Waals surface area contributed by atoms with Gasteiger partial charge in [-0.2, -0.15) is 0 Å². The Kier molecular flexibility index (Phi) is 57.0. The maximum atomic E-state index is 13.1. The van der Waals surface area contributed by atoms with Crippen LogP contribution in [0.2, 0.25) is 0 Å². The van der Waals surface area contributed by atoms with Gasteiger partial charge in [0.15, 0.2) is 6.29 Å². The van der Waals surface area contributed by atoms with Gasteiger partial charge in [0.2, 0.25) is 5.91 Å². The zero-order chi connectivity index (χ0) is 58.6. The van der Waals surface area contributed by atoms with Crippen molar-refractivity contribution in [1.29, 1.82) is 0 Å². The molecule has 7 atom stereocenters. The van der Waals surface area contributed by atoms with Gasteiger partial charge in [0.05, 0.1) is 25.4 Å². The number of allylic oxidation sites excluding steroid dienone is 13. The average molecular weight is 1140 g/mol. The maximum Gasteiger partial charge on any atom is 0.220 e. The Labute approximate surface area is 499 Å². The van der Waals surface area contributed by atoms with Gasteiger partial charge in [0, 0.05) is 6.42 Å². The fourth-order valence-electron chi connectivity index (χ4n) is 10.6. The Morgan fingerprint density at radius 3 is 1.19 bits per heavy atom. The number of carbonyl (C=O) groups is 1. The van der Waals surface area contributed by atoms with E-state index in [0.29, 0.717) is 6.42 Å². The zero-order valence-electron chi connectivity index (χ0n) is 52.5. The van der Waals surface area contributed by atoms with Crippen molar-refractivity contribution in [3.05, 3.63) is 85.1 Å². The first kappa shape index (κ1) is 76.4. The van der Waals surface area contributed by atoms with Crippen LogP contribution >= 0.6 is 0 Å². The van der Waals surface area contributed by atoms with Gasteiger partial charge in [-0.3, -0.25) is 4.79 Å². The summed E-state index contributed by atoms with van der Waals surface area (Å²) in [6, 6.07) is -0.827. The number of hydrogen-bond donors (Lipinski definition) is 6. The summed E-state index contributed by atoms with van der Waals surface area (Å²) in [7, 11) is 0. The summed E-state index contributed by atoms with van der Waals surface area (Å²) in [5, 5.41) is 54.7. The van der Waals surface area contributed by atoms with Gasteiger partial charge in [-0.25, -0.2) is 0 Å². The lowest BCUT2D eigenvalue weighted by atomic mass is 9.99. The molecule has 0 bridgehead atoms. The van der Waals surface area contributed by atoms with Crippen molar-refractivity contribution < 1.29 is 39.8 Å². The van der Waals surface area contributed by atoms with Crippen LogP contribution in [0.15, 0.2) is 85.1 Å². The predicted octanol–water partition coefficient (Wildman–Crippen LogP) is 18.5. The lowest BCUT2D eigenvalue weighted by Crippen LogP contribution is -2.60. The van der Waals surface area contributed by atoms with Crippen molar-refractivity contribution in [1.82, 2.24) is 5.32 Å². The molecule has 0 aromatic carbocycles. The molecular formula is C72H129NO8. The van der Waals surface area contributed by atoms with Gasteiger partial charge in [-0.15, -0.1) is 0 Å². The van der Waals surface area contributed by atoms with Crippen molar-refractivity contribution >= 4 is 5.91 Å². The van der Waals surface area contributed by atoms with Gasteiger partial charge in [0.25, 0.3) is 0 Å². The van der Waals surface area contributed by atoms with E-state index in [1.54, 1.807) is 6.08 Å². The largest absolute Gasteiger partial charge is 0.394 e. The Morgan fingerprint density at radius 2 is 0.778 bits per heavy atom. The molecule has 1 heterocycles. The average Bonchev–Trinajstić information content (AvgIpc) is 3.47. The molecule has 1 aliphatic heterocycles. The number of rotatable bonds is 59. The fraction of sp³-hybridized carbons (Fsp3) is 0.792. The van der Waals surface area contributed by atoms with Crippen LogP contribution in [-0.2, 0) is 14.3 Å². The molecule has 81 heavy (non-hydrogen) atoms. The SMILES string of the molecule is CC/C=C\C/C=C\C/C=C\C/C=C\C/C=C\CCCCCCCCCCCCCCCCCC(=O)NC(COC1OC(CO)C(O)C(O)C1O)C(O)/C=C/CC/C=C/CCCCCCCCCCCCCCCCCCCCCCC. The molecule has 1 aliphatic rings. The molecule has 1 fully saturated rings. The Balaban J connectivity index is 2.16. The Hall–Kier alpha value is -2.63. The topological polar surface area (TPSA) is 149 Å². The number of amides is 1. The summed E-state index contributed by atoms with van der Waals surface area (Å²) in [5.41, 5.74) is 0. The number of carbonyl (C=O) groups excluding carboxylic acids is 1. The zero-order valence-corrected chi connectivity index (χ0v) is 52.5. The second kappa shape index (κ2) is 60.5. The minimum atomic E-state index is -1.58. The van der Waals surface area contributed by atoms with Crippen LogP contribution in [0.5, 0.6) is 0 Å². The lowest BCUT2D eigenvalue weighted by molar-refractivity contribution is -0.302. The van der Waals surface area contributed by atoms with Gasteiger partial charge in [-0.05, 0) is 77.0 Å². The summed E-state index contributed by atoms with van der Waals surface area (Å²) in [4.78, 5) is 13.1. The fourth-order valence-corrected chi connectivity index (χ4v) is 10.6. The standard InChI is InChI=1S/C72H129NO8/c1-3-5-7-9-11-13-15-17-19-21-23-25-27-29-31-32-33-34-36-38-40-42-44-46-48-50-52-54-56-58-60-62-68(76)73-65(64-80-72-71(79)70(78)69(77)67(63-74)81-72)66(75)61-59-57-55-53-51-49-47-45-43-41-39-37-35-30-28-26-24-22-20-18-16-14-12-10-8-6-4-2/h5,7,11,13,17,19,23,25,29,31,51,53,59,61,65-67,69-72,74-75,77-79H,3-4,6,8-10,12,14-16,18,20-22,24,26-28,30,32-50,52,54-58,60,62-64H2,1-2H3,(H,73,76)/b7-5-,13-11-,19-17-,25-23-,31-29-,53-51+,61-59+. The minimum absolute atomic E-state index is 0.186. The van der Waals surface area contributed by atoms with Crippen molar-refractivity contribution in [3.8, 4) is 0 Å². The van der Waals surface area contributed by atoms with Crippen molar-refractivity contribution in [3.63, 3.8) is 0 Å². The quantitative estimate of drug-likeness (QED) is 0.0261. The molecule has 9 heteroatoms. The van der Waals surface area contributed by atoms with Crippen LogP contribution in [0, 0.1) is 0 Å². The molecule has 1 saturated heterocycles. The molecule has 470 valence electrons. The molecule has 0 aromatic heterocycles.